The highest BCUT2D eigenvalue weighted by Gasteiger charge is 2.27. The van der Waals surface area contributed by atoms with Gasteiger partial charge in [0.1, 0.15) is 0 Å². The molecule has 0 N–H and O–H groups in total. The molecule has 1 aliphatic heterocycles. The molecule has 0 radical (unpaired) electrons. The Kier molecular flexibility index (Phi) is 6.09. The molecule has 0 fully saturated rings. The molecular formula is C39H26N2O3. The van der Waals surface area contributed by atoms with E-state index in [1.807, 2.05) is 48.5 Å². The van der Waals surface area contributed by atoms with Crippen molar-refractivity contribution < 1.29 is 14.3 Å². The van der Waals surface area contributed by atoms with E-state index in [4.69, 9.17) is 14.5 Å². The zero-order valence-electron chi connectivity index (χ0n) is 23.9. The number of hydrogen-bond donors (Lipinski definition) is 0. The van der Waals surface area contributed by atoms with Crippen LogP contribution >= 0.6 is 0 Å². The van der Waals surface area contributed by atoms with Gasteiger partial charge in [-0.05, 0) is 70.4 Å². The summed E-state index contributed by atoms with van der Waals surface area (Å²) in [5.41, 5.74) is 8.10. The number of ether oxygens (including phenoxy) is 2. The zero-order chi connectivity index (χ0) is 29.6. The Bertz CT molecular complexity index is 2170. The van der Waals surface area contributed by atoms with Crippen LogP contribution in [0.1, 0.15) is 10.4 Å². The molecule has 0 bridgehead atoms. The van der Waals surface area contributed by atoms with E-state index in [9.17, 15) is 4.79 Å². The molecule has 0 saturated heterocycles. The van der Waals surface area contributed by atoms with Gasteiger partial charge in [-0.3, -0.25) is 0 Å². The van der Waals surface area contributed by atoms with E-state index in [0.717, 1.165) is 61.8 Å². The summed E-state index contributed by atoms with van der Waals surface area (Å²) >= 11 is 0. The Morgan fingerprint density at radius 1 is 0.636 bits per heavy atom. The molecule has 210 valence electrons. The van der Waals surface area contributed by atoms with Crippen LogP contribution in [-0.4, -0.2) is 18.1 Å². The minimum absolute atomic E-state index is 0.369. The normalized spacial score (nSPS) is 12.0. The van der Waals surface area contributed by atoms with Gasteiger partial charge in [-0.1, -0.05) is 91.0 Å². The maximum Gasteiger partial charge on any atom is 0.337 e. The molecule has 2 heterocycles. The topological polar surface area (TPSA) is 51.7 Å². The minimum Gasteiger partial charge on any atom is -0.465 e. The standard InChI is InChI=1S/C39H26N2O3/c1-43-39(42)27-22-20-26(21-23-27)32-24-31(29-13-8-11-25-10-2-3-12-28(25)29)30-14-9-17-35(38(30)40-32)41-33-15-4-6-18-36(33)44-37-19-7-5-16-34(37)41/h2-24H,1H3. The van der Waals surface area contributed by atoms with Crippen molar-refractivity contribution >= 4 is 44.7 Å². The quantitative estimate of drug-likeness (QED) is 0.197. The number of carbonyl (C=O) groups is 1. The summed E-state index contributed by atoms with van der Waals surface area (Å²) in [6, 6.07) is 47.0. The summed E-state index contributed by atoms with van der Waals surface area (Å²) in [4.78, 5) is 19.7. The summed E-state index contributed by atoms with van der Waals surface area (Å²) < 4.78 is 11.2. The number of methoxy groups -OCH3 is 1. The molecule has 0 spiro atoms. The van der Waals surface area contributed by atoms with E-state index in [1.54, 1.807) is 12.1 Å². The van der Waals surface area contributed by atoms with Crippen molar-refractivity contribution in [3.63, 3.8) is 0 Å². The lowest BCUT2D eigenvalue weighted by molar-refractivity contribution is 0.0600. The van der Waals surface area contributed by atoms with Crippen LogP contribution in [0.2, 0.25) is 0 Å². The Balaban J connectivity index is 1.43. The number of para-hydroxylation sites is 5. The summed E-state index contributed by atoms with van der Waals surface area (Å²) in [6.07, 6.45) is 0. The van der Waals surface area contributed by atoms with Gasteiger partial charge < -0.3 is 14.4 Å². The second-order valence-electron chi connectivity index (χ2n) is 10.7. The third kappa shape index (κ3) is 4.17. The van der Waals surface area contributed by atoms with Crippen LogP contribution in [0.25, 0.3) is 44.1 Å². The molecule has 1 aromatic heterocycles. The highest BCUT2D eigenvalue weighted by Crippen LogP contribution is 2.52. The first kappa shape index (κ1) is 25.7. The van der Waals surface area contributed by atoms with Crippen molar-refractivity contribution in [1.29, 1.82) is 0 Å². The predicted octanol–water partition coefficient (Wildman–Crippen LogP) is 10.1. The van der Waals surface area contributed by atoms with Gasteiger partial charge in [-0.25, -0.2) is 9.78 Å². The third-order valence-corrected chi connectivity index (χ3v) is 8.17. The van der Waals surface area contributed by atoms with Crippen LogP contribution in [-0.2, 0) is 4.74 Å². The molecule has 6 aromatic carbocycles. The first-order valence-electron chi connectivity index (χ1n) is 14.5. The lowest BCUT2D eigenvalue weighted by Gasteiger charge is -2.33. The second-order valence-corrected chi connectivity index (χ2v) is 10.7. The predicted molar refractivity (Wildman–Crippen MR) is 176 cm³/mol. The Hall–Kier alpha value is -5.94. The fraction of sp³-hybridized carbons (Fsp3) is 0.0256. The summed E-state index contributed by atoms with van der Waals surface area (Å²) in [5, 5.41) is 3.38. The van der Waals surface area contributed by atoms with Gasteiger partial charge in [-0.15, -0.1) is 0 Å². The van der Waals surface area contributed by atoms with Crippen molar-refractivity contribution in [3.8, 4) is 33.9 Å². The van der Waals surface area contributed by atoms with Crippen LogP contribution in [0.4, 0.5) is 17.1 Å². The first-order valence-corrected chi connectivity index (χ1v) is 14.5. The van der Waals surface area contributed by atoms with E-state index >= 15 is 0 Å². The van der Waals surface area contributed by atoms with E-state index in [2.05, 4.69) is 83.8 Å². The maximum atomic E-state index is 12.2. The number of hydrogen-bond acceptors (Lipinski definition) is 5. The molecule has 0 saturated carbocycles. The van der Waals surface area contributed by atoms with Gasteiger partial charge in [-0.2, -0.15) is 0 Å². The number of carbonyl (C=O) groups excluding carboxylic acids is 1. The van der Waals surface area contributed by atoms with Gasteiger partial charge >= 0.3 is 5.97 Å². The number of anilines is 3. The number of nitrogens with zero attached hydrogens (tertiary/aromatic N) is 2. The Labute approximate surface area is 254 Å². The molecule has 44 heavy (non-hydrogen) atoms. The van der Waals surface area contributed by atoms with Crippen LogP contribution in [0.15, 0.2) is 140 Å². The van der Waals surface area contributed by atoms with E-state index < -0.39 is 0 Å². The summed E-state index contributed by atoms with van der Waals surface area (Å²) in [5.74, 6) is 1.20. The number of benzene rings is 6. The highest BCUT2D eigenvalue weighted by atomic mass is 16.5. The van der Waals surface area contributed by atoms with Crippen molar-refractivity contribution in [1.82, 2.24) is 4.98 Å². The van der Waals surface area contributed by atoms with Crippen LogP contribution in [0.5, 0.6) is 11.5 Å². The summed E-state index contributed by atoms with van der Waals surface area (Å²) in [6.45, 7) is 0. The molecule has 8 rings (SSSR count). The molecule has 0 amide bonds. The SMILES string of the molecule is COC(=O)c1ccc(-c2cc(-c3cccc4ccccc34)c3cccc(N4c5ccccc5Oc5ccccc54)c3n2)cc1. The molecule has 0 aliphatic carbocycles. The number of pyridine rings is 1. The van der Waals surface area contributed by atoms with Crippen molar-refractivity contribution in [2.24, 2.45) is 0 Å². The van der Waals surface area contributed by atoms with Gasteiger partial charge in [0.25, 0.3) is 0 Å². The lowest BCUT2D eigenvalue weighted by Crippen LogP contribution is -2.16. The maximum absolute atomic E-state index is 12.2. The molecule has 5 heteroatoms. The van der Waals surface area contributed by atoms with Gasteiger partial charge in [0, 0.05) is 10.9 Å². The van der Waals surface area contributed by atoms with Crippen LogP contribution in [0, 0.1) is 0 Å². The molecule has 0 atom stereocenters. The molecular weight excluding hydrogens is 544 g/mol. The van der Waals surface area contributed by atoms with Gasteiger partial charge in [0.2, 0.25) is 0 Å². The third-order valence-electron chi connectivity index (χ3n) is 8.17. The van der Waals surface area contributed by atoms with Crippen LogP contribution < -0.4 is 9.64 Å². The van der Waals surface area contributed by atoms with Crippen LogP contribution in [0.3, 0.4) is 0 Å². The summed E-state index contributed by atoms with van der Waals surface area (Å²) in [7, 11) is 1.39. The largest absolute Gasteiger partial charge is 0.465 e. The fourth-order valence-electron chi connectivity index (χ4n) is 6.10. The number of esters is 1. The second kappa shape index (κ2) is 10.4. The molecule has 7 aromatic rings. The van der Waals surface area contributed by atoms with E-state index in [1.165, 1.54) is 17.9 Å². The molecule has 0 unspecified atom stereocenters. The minimum atomic E-state index is -0.369. The number of aromatic nitrogens is 1. The average Bonchev–Trinajstić information content (AvgIpc) is 3.09. The van der Waals surface area contributed by atoms with E-state index in [0.29, 0.717) is 5.56 Å². The molecule has 1 aliphatic rings. The molecule has 5 nitrogen and oxygen atoms in total. The number of fused-ring (bicyclic) bond motifs is 4. The smallest absolute Gasteiger partial charge is 0.337 e. The Morgan fingerprint density at radius 3 is 2.00 bits per heavy atom. The lowest BCUT2D eigenvalue weighted by atomic mass is 9.93. The first-order chi connectivity index (χ1) is 21.7. The highest BCUT2D eigenvalue weighted by molar-refractivity contribution is 6.10. The zero-order valence-corrected chi connectivity index (χ0v) is 23.9. The van der Waals surface area contributed by atoms with Crippen molar-refractivity contribution in [3.05, 3.63) is 145 Å². The average molecular weight is 571 g/mol. The fourth-order valence-corrected chi connectivity index (χ4v) is 6.10. The van der Waals surface area contributed by atoms with Gasteiger partial charge in [0.05, 0.1) is 40.9 Å². The Morgan fingerprint density at radius 2 is 1.25 bits per heavy atom. The van der Waals surface area contributed by atoms with Gasteiger partial charge in [0.15, 0.2) is 11.5 Å². The van der Waals surface area contributed by atoms with Crippen molar-refractivity contribution in [2.75, 3.05) is 12.0 Å². The van der Waals surface area contributed by atoms with Crippen molar-refractivity contribution in [2.45, 2.75) is 0 Å². The monoisotopic (exact) mass is 570 g/mol. The van der Waals surface area contributed by atoms with E-state index in [-0.39, 0.29) is 5.97 Å². The number of rotatable bonds is 4.